The Labute approximate surface area is 149 Å². The number of pyridine rings is 1. The molecule has 1 fully saturated rings. The van der Waals surface area contributed by atoms with E-state index in [1.54, 1.807) is 6.20 Å². The molecule has 7 heteroatoms. The Bertz CT molecular complexity index is 423. The number of hydrogen-bond acceptors (Lipinski definition) is 4. The Balaban J connectivity index is 0.00000242. The fourth-order valence-corrected chi connectivity index (χ4v) is 2.15. The van der Waals surface area contributed by atoms with Gasteiger partial charge in [0.25, 0.3) is 0 Å². The van der Waals surface area contributed by atoms with Gasteiger partial charge in [-0.3, -0.25) is 9.88 Å². The molecule has 22 heavy (non-hydrogen) atoms. The van der Waals surface area contributed by atoms with Crippen molar-refractivity contribution in [2.75, 3.05) is 45.9 Å². The highest BCUT2D eigenvalue weighted by Gasteiger charge is 2.09. The van der Waals surface area contributed by atoms with Gasteiger partial charge in [0.15, 0.2) is 5.96 Å². The molecule has 0 atom stereocenters. The van der Waals surface area contributed by atoms with Crippen molar-refractivity contribution in [2.24, 2.45) is 4.99 Å². The third kappa shape index (κ3) is 7.37. The van der Waals surface area contributed by atoms with E-state index in [2.05, 4.69) is 32.4 Å². The molecule has 0 saturated carbocycles. The largest absolute Gasteiger partial charge is 0.379 e. The topological polar surface area (TPSA) is 61.8 Å². The number of rotatable bonds is 6. The molecule has 124 valence electrons. The molecule has 6 nitrogen and oxygen atoms in total. The van der Waals surface area contributed by atoms with E-state index in [-0.39, 0.29) is 24.0 Å². The molecule has 0 aliphatic carbocycles. The van der Waals surface area contributed by atoms with E-state index in [1.165, 1.54) is 0 Å². The Morgan fingerprint density at radius 3 is 2.82 bits per heavy atom. The van der Waals surface area contributed by atoms with Crippen LogP contribution in [0.1, 0.15) is 12.6 Å². The van der Waals surface area contributed by atoms with Crippen LogP contribution in [0.3, 0.4) is 0 Å². The summed E-state index contributed by atoms with van der Waals surface area (Å²) in [5.41, 5.74) is 0.975. The average Bonchev–Trinajstić information content (AvgIpc) is 2.54. The number of nitrogens with one attached hydrogen (secondary N) is 2. The number of aromatic nitrogens is 1. The summed E-state index contributed by atoms with van der Waals surface area (Å²) in [6.07, 6.45) is 1.80. The van der Waals surface area contributed by atoms with Gasteiger partial charge in [0, 0.05) is 38.9 Å². The molecule has 1 saturated heterocycles. The van der Waals surface area contributed by atoms with Gasteiger partial charge in [-0.15, -0.1) is 24.0 Å². The zero-order valence-corrected chi connectivity index (χ0v) is 15.5. The van der Waals surface area contributed by atoms with Crippen LogP contribution in [0.5, 0.6) is 0 Å². The van der Waals surface area contributed by atoms with Crippen LogP contribution in [0.2, 0.25) is 0 Å². The zero-order valence-electron chi connectivity index (χ0n) is 13.1. The van der Waals surface area contributed by atoms with Crippen LogP contribution in [0.15, 0.2) is 29.4 Å². The minimum absolute atomic E-state index is 0. The molecule has 1 aliphatic rings. The van der Waals surface area contributed by atoms with Gasteiger partial charge in [-0.1, -0.05) is 6.07 Å². The number of morpholine rings is 1. The highest BCUT2D eigenvalue weighted by molar-refractivity contribution is 14.0. The van der Waals surface area contributed by atoms with Crippen LogP contribution in [-0.2, 0) is 11.3 Å². The molecule has 1 aromatic heterocycles. The lowest BCUT2D eigenvalue weighted by Gasteiger charge is -2.26. The van der Waals surface area contributed by atoms with Crippen molar-refractivity contribution in [1.82, 2.24) is 20.5 Å². The predicted molar refractivity (Wildman–Crippen MR) is 99.7 cm³/mol. The van der Waals surface area contributed by atoms with E-state index in [0.717, 1.165) is 57.6 Å². The molecule has 0 radical (unpaired) electrons. The second-order valence-corrected chi connectivity index (χ2v) is 4.90. The lowest BCUT2D eigenvalue weighted by Crippen LogP contribution is -2.44. The average molecular weight is 419 g/mol. The summed E-state index contributed by atoms with van der Waals surface area (Å²) in [4.78, 5) is 11.2. The van der Waals surface area contributed by atoms with Crippen molar-refractivity contribution in [3.05, 3.63) is 30.1 Å². The summed E-state index contributed by atoms with van der Waals surface area (Å²) in [6, 6.07) is 5.89. The molecular weight excluding hydrogens is 393 g/mol. The number of guanidine groups is 1. The maximum absolute atomic E-state index is 5.35. The lowest BCUT2D eigenvalue weighted by atomic mass is 10.3. The van der Waals surface area contributed by atoms with Crippen LogP contribution in [0.25, 0.3) is 0 Å². The Morgan fingerprint density at radius 2 is 2.14 bits per heavy atom. The lowest BCUT2D eigenvalue weighted by molar-refractivity contribution is 0.0389. The van der Waals surface area contributed by atoms with Gasteiger partial charge in [-0.25, -0.2) is 4.99 Å². The predicted octanol–water partition coefficient (Wildman–Crippen LogP) is 1.09. The van der Waals surface area contributed by atoms with Gasteiger partial charge in [-0.2, -0.15) is 0 Å². The van der Waals surface area contributed by atoms with Gasteiger partial charge < -0.3 is 15.4 Å². The fourth-order valence-electron chi connectivity index (χ4n) is 2.15. The van der Waals surface area contributed by atoms with Crippen molar-refractivity contribution in [3.8, 4) is 0 Å². The second-order valence-electron chi connectivity index (χ2n) is 4.90. The van der Waals surface area contributed by atoms with E-state index in [9.17, 15) is 0 Å². The highest BCUT2D eigenvalue weighted by Crippen LogP contribution is 1.96. The third-order valence-electron chi connectivity index (χ3n) is 3.29. The standard InChI is InChI=1S/C15H25N5O.HI/c1-2-16-15(19-13-14-5-3-4-6-17-14)18-7-8-20-9-11-21-12-10-20;/h3-6H,2,7-13H2,1H3,(H2,16,18,19);1H. The molecular formula is C15H26IN5O. The second kappa shape index (κ2) is 11.6. The molecule has 1 aromatic rings. The number of hydrogen-bond donors (Lipinski definition) is 2. The maximum Gasteiger partial charge on any atom is 0.191 e. The molecule has 0 aromatic carbocycles. The van der Waals surface area contributed by atoms with Gasteiger partial charge in [0.1, 0.15) is 0 Å². The molecule has 0 amide bonds. The number of halogens is 1. The van der Waals surface area contributed by atoms with Crippen LogP contribution in [0, 0.1) is 0 Å². The molecule has 2 heterocycles. The van der Waals surface area contributed by atoms with Crippen LogP contribution >= 0.6 is 24.0 Å². The first-order chi connectivity index (χ1) is 10.4. The summed E-state index contributed by atoms with van der Waals surface area (Å²) in [5, 5.41) is 6.63. The molecule has 0 unspecified atom stereocenters. The highest BCUT2D eigenvalue weighted by atomic mass is 127. The number of ether oxygens (including phenoxy) is 1. The zero-order chi connectivity index (χ0) is 14.8. The quantitative estimate of drug-likeness (QED) is 0.411. The summed E-state index contributed by atoms with van der Waals surface area (Å²) in [7, 11) is 0. The Morgan fingerprint density at radius 1 is 1.32 bits per heavy atom. The maximum atomic E-state index is 5.35. The van der Waals surface area contributed by atoms with E-state index >= 15 is 0 Å². The number of aliphatic imine (C=N–C) groups is 1. The molecule has 2 rings (SSSR count). The first-order valence-corrected chi connectivity index (χ1v) is 7.60. The number of nitrogens with zero attached hydrogens (tertiary/aromatic N) is 3. The molecule has 2 N–H and O–H groups in total. The van der Waals surface area contributed by atoms with Gasteiger partial charge in [-0.05, 0) is 19.1 Å². The summed E-state index contributed by atoms with van der Waals surface area (Å²) < 4.78 is 5.35. The Kier molecular flexibility index (Phi) is 10.1. The van der Waals surface area contributed by atoms with Crippen LogP contribution in [-0.4, -0.2) is 61.8 Å². The van der Waals surface area contributed by atoms with Crippen LogP contribution in [0.4, 0.5) is 0 Å². The first kappa shape index (κ1) is 19.1. The van der Waals surface area contributed by atoms with Gasteiger partial charge >= 0.3 is 0 Å². The minimum Gasteiger partial charge on any atom is -0.379 e. The monoisotopic (exact) mass is 419 g/mol. The van der Waals surface area contributed by atoms with Gasteiger partial charge in [0.05, 0.1) is 25.5 Å². The van der Waals surface area contributed by atoms with Crippen molar-refractivity contribution < 1.29 is 4.74 Å². The van der Waals surface area contributed by atoms with Crippen molar-refractivity contribution >= 4 is 29.9 Å². The molecule has 1 aliphatic heterocycles. The fraction of sp³-hybridized carbons (Fsp3) is 0.600. The SMILES string of the molecule is CCNC(=NCc1ccccn1)NCCN1CCOCC1.I. The smallest absolute Gasteiger partial charge is 0.191 e. The first-order valence-electron chi connectivity index (χ1n) is 7.60. The van der Waals surface area contributed by atoms with E-state index in [1.807, 2.05) is 18.2 Å². The summed E-state index contributed by atoms with van der Waals surface area (Å²) in [5.74, 6) is 0.844. The minimum atomic E-state index is 0. The third-order valence-corrected chi connectivity index (χ3v) is 3.29. The Hall–Kier alpha value is -0.930. The van der Waals surface area contributed by atoms with Crippen LogP contribution < -0.4 is 10.6 Å². The molecule has 0 bridgehead atoms. The van der Waals surface area contributed by atoms with Gasteiger partial charge in [0.2, 0.25) is 0 Å². The van der Waals surface area contributed by atoms with E-state index < -0.39 is 0 Å². The van der Waals surface area contributed by atoms with Crippen molar-refractivity contribution in [1.29, 1.82) is 0 Å². The van der Waals surface area contributed by atoms with E-state index in [4.69, 9.17) is 4.74 Å². The van der Waals surface area contributed by atoms with Crippen molar-refractivity contribution in [2.45, 2.75) is 13.5 Å². The molecule has 0 spiro atoms. The normalized spacial score (nSPS) is 16.0. The summed E-state index contributed by atoms with van der Waals surface area (Å²) >= 11 is 0. The van der Waals surface area contributed by atoms with E-state index in [0.29, 0.717) is 6.54 Å². The van der Waals surface area contributed by atoms with Crippen molar-refractivity contribution in [3.63, 3.8) is 0 Å². The summed E-state index contributed by atoms with van der Waals surface area (Å²) in [6.45, 7) is 9.12.